The molecule has 0 aliphatic heterocycles. The van der Waals surface area contributed by atoms with Crippen LogP contribution in [0.2, 0.25) is 0 Å². The third kappa shape index (κ3) is 31.9. The molecule has 0 saturated carbocycles. The maximum Gasteiger partial charge on any atom is 1.00 e. The Balaban J connectivity index is -0.0000000533. The van der Waals surface area contributed by atoms with E-state index in [0.29, 0.717) is 0 Å². The van der Waals surface area contributed by atoms with E-state index in [1.165, 1.54) is 0 Å². The second-order valence-electron chi connectivity index (χ2n) is 0.976. The van der Waals surface area contributed by atoms with Gasteiger partial charge >= 0.3 is 173 Å². The van der Waals surface area contributed by atoms with Crippen LogP contribution in [0.5, 0.6) is 0 Å². The summed E-state index contributed by atoms with van der Waals surface area (Å²) in [4.78, 5) is 37.3. The molecule has 7 nitrogen and oxygen atoms in total. The van der Waals surface area contributed by atoms with Gasteiger partial charge in [0.05, 0.1) is 15.6 Å². The Morgan fingerprint density at radius 3 is 0.923 bits per heavy atom. The second kappa shape index (κ2) is 14.2. The molecule has 13 heteroatoms. The van der Waals surface area contributed by atoms with E-state index in [-0.39, 0.29) is 173 Å². The molecule has 0 radical (unpaired) electrons. The summed E-state index contributed by atoms with van der Waals surface area (Å²) in [6, 6.07) is 0. The van der Waals surface area contributed by atoms with Crippen molar-refractivity contribution >= 4 is 15.6 Å². The molecule has 0 aliphatic carbocycles. The Bertz CT molecular complexity index is 162. The van der Waals surface area contributed by atoms with Crippen molar-refractivity contribution in [2.24, 2.45) is 0 Å². The predicted molar refractivity (Wildman–Crippen MR) is 16.3 cm³/mol. The van der Waals surface area contributed by atoms with Gasteiger partial charge in [-0.1, -0.05) is 0 Å². The zero-order valence-corrected chi connectivity index (χ0v) is 18.9. The Morgan fingerprint density at radius 2 is 0.923 bits per heavy atom. The zero-order chi connectivity index (χ0) is 7.71. The van der Waals surface area contributed by atoms with Crippen LogP contribution in [0.4, 0.5) is 0 Å². The summed E-state index contributed by atoms with van der Waals surface area (Å²) in [5.74, 6) is 0. The number of rotatable bonds is 2. The number of phosphoric acid groups is 2. The van der Waals surface area contributed by atoms with E-state index in [1.54, 1.807) is 0 Å². The summed E-state index contributed by atoms with van der Waals surface area (Å²) in [7, 11) is -11.4. The molecule has 0 aliphatic rings. The van der Waals surface area contributed by atoms with Gasteiger partial charge in [-0.05, 0) is 0 Å². The molecule has 0 aromatic rings. The van der Waals surface area contributed by atoms with E-state index in [0.717, 1.165) is 0 Å². The standard InChI is InChI=1S/3K.Li.H4O7P2/c;;;;1-8(2,3)7-9(4,5)6/h;;;;(H2,1,2,3)(H2,4,5,6)/q4*+1;/p-4. The molecule has 0 saturated heterocycles. The van der Waals surface area contributed by atoms with E-state index in [1.807, 2.05) is 0 Å². The molecule has 56 valence electrons. The van der Waals surface area contributed by atoms with Gasteiger partial charge in [-0.25, -0.2) is 0 Å². The molecule has 0 unspecified atom stereocenters. The molecule has 0 heterocycles. The summed E-state index contributed by atoms with van der Waals surface area (Å²) in [6.07, 6.45) is 0. The first-order valence-corrected chi connectivity index (χ1v) is 4.38. The van der Waals surface area contributed by atoms with Crippen LogP contribution < -0.4 is 193 Å². The minimum Gasteiger partial charge on any atom is -0.790 e. The van der Waals surface area contributed by atoms with E-state index in [2.05, 4.69) is 4.31 Å². The molecule has 0 aromatic heterocycles. The Morgan fingerprint density at radius 1 is 0.769 bits per heavy atom. The Hall–Kier alpha value is 5.77. The van der Waals surface area contributed by atoms with Crippen LogP contribution in [0.3, 0.4) is 0 Å². The normalized spacial score (nSPS) is 9.54. The Kier molecular flexibility index (Phi) is 34.1. The summed E-state index contributed by atoms with van der Waals surface area (Å²) in [5, 5.41) is 0. The quantitative estimate of drug-likeness (QED) is 0.364. The summed E-state index contributed by atoms with van der Waals surface area (Å²) in [5.41, 5.74) is 0. The van der Waals surface area contributed by atoms with Crippen LogP contribution in [0.25, 0.3) is 0 Å². The van der Waals surface area contributed by atoms with Crippen molar-refractivity contribution in [3.05, 3.63) is 0 Å². The van der Waals surface area contributed by atoms with E-state index in [9.17, 15) is 28.7 Å². The smallest absolute Gasteiger partial charge is 0.790 e. The number of hydrogen-bond acceptors (Lipinski definition) is 7. The molecule has 0 N–H and O–H groups in total. The summed E-state index contributed by atoms with van der Waals surface area (Å²) < 4.78 is 21.2. The van der Waals surface area contributed by atoms with E-state index in [4.69, 9.17) is 0 Å². The molecule has 0 atom stereocenters. The third-order valence-electron chi connectivity index (χ3n) is 0.200. The van der Waals surface area contributed by atoms with Crippen molar-refractivity contribution in [1.82, 2.24) is 0 Å². The van der Waals surface area contributed by atoms with Gasteiger partial charge in [0, 0.05) is 0 Å². The van der Waals surface area contributed by atoms with Gasteiger partial charge < -0.3 is 33.0 Å². The third-order valence-corrected chi connectivity index (χ3v) is 1.80. The average Bonchev–Trinajstić information content (AvgIpc) is 1.14. The minimum absolute atomic E-state index is 0. The molecule has 0 spiro atoms. The van der Waals surface area contributed by atoms with Crippen molar-refractivity contribution in [3.63, 3.8) is 0 Å². The van der Waals surface area contributed by atoms with Crippen LogP contribution in [0.1, 0.15) is 0 Å². The van der Waals surface area contributed by atoms with Gasteiger partial charge in [0.15, 0.2) is 0 Å². The van der Waals surface area contributed by atoms with Gasteiger partial charge in [0.2, 0.25) is 0 Å². The maximum absolute atomic E-state index is 9.32. The fourth-order valence-corrected chi connectivity index (χ4v) is 1.10. The van der Waals surface area contributed by atoms with Crippen molar-refractivity contribution in [2.75, 3.05) is 0 Å². The summed E-state index contributed by atoms with van der Waals surface area (Å²) >= 11 is 0. The molecule has 0 rings (SSSR count). The molecule has 0 amide bonds. The molecule has 0 aromatic carbocycles. The fraction of sp³-hybridized carbons (Fsp3) is 0. The van der Waals surface area contributed by atoms with Crippen LogP contribution in [0, 0.1) is 0 Å². The predicted octanol–water partition coefficient (Wildman–Crippen LogP) is -15.3. The molecule has 0 fully saturated rings. The monoisotopic (exact) mass is 298 g/mol. The molecular formula is K3LiO7P2. The average molecular weight is 298 g/mol. The molecule has 13 heavy (non-hydrogen) atoms. The van der Waals surface area contributed by atoms with Crippen LogP contribution >= 0.6 is 15.6 Å². The van der Waals surface area contributed by atoms with Crippen molar-refractivity contribution < 1.29 is 206 Å². The molecular weight excluding hydrogens is 298 g/mol. The fourth-order valence-electron chi connectivity index (χ4n) is 0.122. The first-order chi connectivity index (χ1) is 3.71. The minimum atomic E-state index is -5.68. The van der Waals surface area contributed by atoms with Crippen molar-refractivity contribution in [1.29, 1.82) is 0 Å². The molecule has 0 bridgehead atoms. The summed E-state index contributed by atoms with van der Waals surface area (Å²) in [6.45, 7) is 0. The van der Waals surface area contributed by atoms with Crippen LogP contribution in [-0.2, 0) is 13.4 Å². The largest absolute Gasteiger partial charge is 1.00 e. The van der Waals surface area contributed by atoms with Gasteiger partial charge in [0.1, 0.15) is 0 Å². The van der Waals surface area contributed by atoms with Crippen LogP contribution in [0.15, 0.2) is 0 Å². The Labute approximate surface area is 215 Å². The van der Waals surface area contributed by atoms with Crippen molar-refractivity contribution in [3.8, 4) is 0 Å². The van der Waals surface area contributed by atoms with Gasteiger partial charge in [-0.3, -0.25) is 0 Å². The zero-order valence-electron chi connectivity index (χ0n) is 7.75. The SMILES string of the molecule is O=P([O-])([O-])OP(=O)([O-])[O-].[K+].[K+].[K+].[Li+]. The first-order valence-electron chi connectivity index (χ1n) is 1.46. The van der Waals surface area contributed by atoms with Crippen molar-refractivity contribution in [2.45, 2.75) is 0 Å². The van der Waals surface area contributed by atoms with Crippen LogP contribution in [-0.4, -0.2) is 0 Å². The van der Waals surface area contributed by atoms with Gasteiger partial charge in [0.25, 0.3) is 0 Å². The first kappa shape index (κ1) is 31.3. The second-order valence-corrected chi connectivity index (χ2v) is 3.42. The van der Waals surface area contributed by atoms with E-state index < -0.39 is 15.6 Å². The van der Waals surface area contributed by atoms with Gasteiger partial charge in [-0.2, -0.15) is 0 Å². The topological polar surface area (TPSA) is 136 Å². The maximum atomic E-state index is 9.32. The van der Waals surface area contributed by atoms with Gasteiger partial charge in [-0.15, -0.1) is 0 Å². The number of hydrogen-bond donors (Lipinski definition) is 0. The van der Waals surface area contributed by atoms with E-state index >= 15 is 0 Å².